The van der Waals surface area contributed by atoms with Crippen molar-refractivity contribution in [1.29, 1.82) is 0 Å². The summed E-state index contributed by atoms with van der Waals surface area (Å²) in [6.07, 6.45) is 2.53. The van der Waals surface area contributed by atoms with Crippen LogP contribution in [0, 0.1) is 5.92 Å². The predicted molar refractivity (Wildman–Crippen MR) is 89.0 cm³/mol. The minimum absolute atomic E-state index is 0.000388. The third kappa shape index (κ3) is 4.76. The monoisotopic (exact) mass is 318 g/mol. The molecule has 1 aliphatic heterocycles. The largest absolute Gasteiger partial charge is 0.340 e. The van der Waals surface area contributed by atoms with Crippen molar-refractivity contribution in [3.05, 3.63) is 30.1 Å². The molecule has 23 heavy (non-hydrogen) atoms. The van der Waals surface area contributed by atoms with E-state index in [1.165, 1.54) is 0 Å². The number of likely N-dealkylation sites (N-methyl/N-ethyl adjacent to an activating group) is 1. The highest BCUT2D eigenvalue weighted by Gasteiger charge is 2.29. The summed E-state index contributed by atoms with van der Waals surface area (Å²) >= 11 is 0. The van der Waals surface area contributed by atoms with Crippen molar-refractivity contribution < 1.29 is 9.59 Å². The molecule has 6 nitrogen and oxygen atoms in total. The first kappa shape index (κ1) is 17.4. The third-order valence-corrected chi connectivity index (χ3v) is 4.15. The number of hydrogen-bond donors (Lipinski definition) is 1. The highest BCUT2D eigenvalue weighted by atomic mass is 16.2. The van der Waals surface area contributed by atoms with Gasteiger partial charge in [0.15, 0.2) is 0 Å². The number of amides is 2. The van der Waals surface area contributed by atoms with Crippen molar-refractivity contribution in [2.24, 2.45) is 5.92 Å². The lowest BCUT2D eigenvalue weighted by Crippen LogP contribution is -2.52. The van der Waals surface area contributed by atoms with Crippen LogP contribution in [0.2, 0.25) is 0 Å². The Bertz CT molecular complexity index is 533. The van der Waals surface area contributed by atoms with Gasteiger partial charge in [-0.1, -0.05) is 19.9 Å². The lowest BCUT2D eigenvalue weighted by atomic mass is 10.0. The van der Waals surface area contributed by atoms with Gasteiger partial charge >= 0.3 is 0 Å². The summed E-state index contributed by atoms with van der Waals surface area (Å²) in [5.41, 5.74) is 0.335. The summed E-state index contributed by atoms with van der Waals surface area (Å²) in [5, 5.41) is 2.86. The van der Waals surface area contributed by atoms with E-state index in [1.54, 1.807) is 24.4 Å². The number of nitrogens with one attached hydrogen (secondary N) is 1. The quantitative estimate of drug-likeness (QED) is 0.899. The van der Waals surface area contributed by atoms with Crippen molar-refractivity contribution in [3.63, 3.8) is 0 Å². The second-order valence-corrected chi connectivity index (χ2v) is 6.39. The van der Waals surface area contributed by atoms with Gasteiger partial charge in [-0.3, -0.25) is 14.6 Å². The van der Waals surface area contributed by atoms with Gasteiger partial charge in [0, 0.05) is 25.8 Å². The summed E-state index contributed by atoms with van der Waals surface area (Å²) in [5.74, 6) is -0.277. The summed E-state index contributed by atoms with van der Waals surface area (Å²) in [6, 6.07) is 4.65. The number of rotatable bonds is 4. The normalized spacial score (nSPS) is 17.7. The second kappa shape index (κ2) is 8.06. The Morgan fingerprint density at radius 2 is 1.96 bits per heavy atom. The average Bonchev–Trinajstić information content (AvgIpc) is 2.77. The predicted octanol–water partition coefficient (Wildman–Crippen LogP) is 1.00. The number of aromatic nitrogens is 1. The number of carbonyl (C=O) groups is 2. The molecule has 2 rings (SSSR count). The van der Waals surface area contributed by atoms with E-state index in [0.717, 1.165) is 26.1 Å². The topological polar surface area (TPSA) is 65.5 Å². The Hall–Kier alpha value is -1.95. The zero-order chi connectivity index (χ0) is 16.8. The van der Waals surface area contributed by atoms with Crippen LogP contribution in [0.1, 0.15) is 30.8 Å². The highest BCUT2D eigenvalue weighted by molar-refractivity contribution is 5.96. The molecule has 2 heterocycles. The lowest BCUT2D eigenvalue weighted by Gasteiger charge is -2.28. The molecule has 126 valence electrons. The van der Waals surface area contributed by atoms with Gasteiger partial charge in [0.2, 0.25) is 5.91 Å². The Labute approximate surface area is 137 Å². The molecule has 1 saturated heterocycles. The van der Waals surface area contributed by atoms with Crippen LogP contribution in [-0.4, -0.2) is 65.9 Å². The first-order valence-electron chi connectivity index (χ1n) is 8.18. The molecular formula is C17H26N4O2. The Kier molecular flexibility index (Phi) is 6.10. The summed E-state index contributed by atoms with van der Waals surface area (Å²) in [6.45, 7) is 7.21. The molecule has 0 unspecified atom stereocenters. The number of pyridine rings is 1. The highest BCUT2D eigenvalue weighted by Crippen LogP contribution is 2.10. The molecule has 0 aromatic carbocycles. The van der Waals surface area contributed by atoms with E-state index in [-0.39, 0.29) is 17.7 Å². The SMILES string of the molecule is CC(C)[C@H](NC(=O)c1ccccn1)C(=O)N1CCCN(C)CC1. The van der Waals surface area contributed by atoms with Gasteiger partial charge in [-0.2, -0.15) is 0 Å². The molecule has 1 fully saturated rings. The number of nitrogens with zero attached hydrogens (tertiary/aromatic N) is 3. The zero-order valence-electron chi connectivity index (χ0n) is 14.2. The maximum atomic E-state index is 12.8. The van der Waals surface area contributed by atoms with Crippen LogP contribution in [-0.2, 0) is 4.79 Å². The van der Waals surface area contributed by atoms with Crippen molar-refractivity contribution >= 4 is 11.8 Å². The molecule has 1 aromatic rings. The minimum Gasteiger partial charge on any atom is -0.340 e. The maximum absolute atomic E-state index is 12.8. The van der Waals surface area contributed by atoms with Gasteiger partial charge in [-0.15, -0.1) is 0 Å². The fourth-order valence-corrected chi connectivity index (χ4v) is 2.69. The second-order valence-electron chi connectivity index (χ2n) is 6.39. The Balaban J connectivity index is 2.05. The van der Waals surface area contributed by atoms with Crippen molar-refractivity contribution in [2.45, 2.75) is 26.3 Å². The van der Waals surface area contributed by atoms with Gasteiger partial charge < -0.3 is 15.1 Å². The zero-order valence-corrected chi connectivity index (χ0v) is 14.2. The fourth-order valence-electron chi connectivity index (χ4n) is 2.69. The van der Waals surface area contributed by atoms with Crippen molar-refractivity contribution in [1.82, 2.24) is 20.1 Å². The van der Waals surface area contributed by atoms with E-state index in [1.807, 2.05) is 18.7 Å². The molecule has 6 heteroatoms. The third-order valence-electron chi connectivity index (χ3n) is 4.15. The maximum Gasteiger partial charge on any atom is 0.270 e. The van der Waals surface area contributed by atoms with E-state index in [2.05, 4.69) is 22.2 Å². The van der Waals surface area contributed by atoms with Gasteiger partial charge in [-0.05, 0) is 38.1 Å². The molecule has 1 N–H and O–H groups in total. The van der Waals surface area contributed by atoms with Crippen LogP contribution in [0.3, 0.4) is 0 Å². The smallest absolute Gasteiger partial charge is 0.270 e. The van der Waals surface area contributed by atoms with E-state index >= 15 is 0 Å². The molecule has 1 aliphatic rings. The molecule has 0 bridgehead atoms. The number of hydrogen-bond acceptors (Lipinski definition) is 4. The lowest BCUT2D eigenvalue weighted by molar-refractivity contribution is -0.134. The van der Waals surface area contributed by atoms with Gasteiger partial charge in [0.25, 0.3) is 5.91 Å². The summed E-state index contributed by atoms with van der Waals surface area (Å²) < 4.78 is 0. The van der Waals surface area contributed by atoms with Crippen LogP contribution in [0.15, 0.2) is 24.4 Å². The van der Waals surface area contributed by atoms with Crippen LogP contribution in [0.25, 0.3) is 0 Å². The van der Waals surface area contributed by atoms with Gasteiger partial charge in [-0.25, -0.2) is 0 Å². The molecular weight excluding hydrogens is 292 g/mol. The summed E-state index contributed by atoms with van der Waals surface area (Å²) in [4.78, 5) is 33.3. The molecule has 0 spiro atoms. The van der Waals surface area contributed by atoms with Crippen LogP contribution < -0.4 is 5.32 Å². The Morgan fingerprint density at radius 1 is 1.17 bits per heavy atom. The van der Waals surface area contributed by atoms with E-state index in [4.69, 9.17) is 0 Å². The molecule has 2 amide bonds. The van der Waals surface area contributed by atoms with Gasteiger partial charge in [0.1, 0.15) is 11.7 Å². The standard InChI is InChI=1S/C17H26N4O2/c1-13(2)15(19-16(22)14-7-4-5-8-18-14)17(23)21-10-6-9-20(3)11-12-21/h4-5,7-8,13,15H,6,9-12H2,1-3H3,(H,19,22)/t15-/m0/s1. The van der Waals surface area contributed by atoms with Gasteiger partial charge in [0.05, 0.1) is 0 Å². The fraction of sp³-hybridized carbons (Fsp3) is 0.588. The summed E-state index contributed by atoms with van der Waals surface area (Å²) in [7, 11) is 2.07. The number of carbonyl (C=O) groups excluding carboxylic acids is 2. The van der Waals surface area contributed by atoms with E-state index in [9.17, 15) is 9.59 Å². The van der Waals surface area contributed by atoms with E-state index in [0.29, 0.717) is 12.2 Å². The van der Waals surface area contributed by atoms with Crippen LogP contribution in [0.4, 0.5) is 0 Å². The molecule has 0 aliphatic carbocycles. The average molecular weight is 318 g/mol. The molecule has 0 radical (unpaired) electrons. The van der Waals surface area contributed by atoms with E-state index < -0.39 is 6.04 Å². The van der Waals surface area contributed by atoms with Crippen molar-refractivity contribution in [2.75, 3.05) is 33.2 Å². The minimum atomic E-state index is -0.520. The first-order valence-corrected chi connectivity index (χ1v) is 8.18. The van der Waals surface area contributed by atoms with Crippen LogP contribution >= 0.6 is 0 Å². The first-order chi connectivity index (χ1) is 11.0. The van der Waals surface area contributed by atoms with Crippen molar-refractivity contribution in [3.8, 4) is 0 Å². The Morgan fingerprint density at radius 3 is 2.61 bits per heavy atom. The van der Waals surface area contributed by atoms with Crippen LogP contribution in [0.5, 0.6) is 0 Å². The molecule has 1 aromatic heterocycles. The molecule has 1 atom stereocenters. The molecule has 0 saturated carbocycles.